The predicted octanol–water partition coefficient (Wildman–Crippen LogP) is 5.53. The Balaban J connectivity index is 1.48. The Bertz CT molecular complexity index is 1310. The van der Waals surface area contributed by atoms with Crippen molar-refractivity contribution in [1.82, 2.24) is 0 Å². The van der Waals surface area contributed by atoms with E-state index in [0.29, 0.717) is 45.5 Å². The van der Waals surface area contributed by atoms with E-state index in [9.17, 15) is 9.59 Å². The van der Waals surface area contributed by atoms with Crippen LogP contribution >= 0.6 is 11.6 Å². The molecule has 0 bridgehead atoms. The molecule has 0 aliphatic carbocycles. The molecule has 4 aromatic rings. The number of halogens is 1. The Morgan fingerprint density at radius 2 is 1.78 bits per heavy atom. The molecular weight excluding hydrogens is 430 g/mol. The van der Waals surface area contributed by atoms with Crippen molar-refractivity contribution >= 4 is 34.2 Å². The molecule has 0 radical (unpaired) electrons. The fraction of sp³-hybridized carbons (Fsp3) is 0.120. The maximum atomic E-state index is 12.6. The van der Waals surface area contributed by atoms with Gasteiger partial charge in [0.05, 0.1) is 17.7 Å². The van der Waals surface area contributed by atoms with Gasteiger partial charge in [-0.15, -0.1) is 0 Å². The number of rotatable bonds is 7. The van der Waals surface area contributed by atoms with Crippen molar-refractivity contribution in [3.63, 3.8) is 0 Å². The van der Waals surface area contributed by atoms with Crippen LogP contribution in [0.25, 0.3) is 22.3 Å². The topological polar surface area (TPSA) is 77.8 Å². The summed E-state index contributed by atoms with van der Waals surface area (Å²) in [7, 11) is 0. The number of para-hydroxylation sites is 2. The molecule has 0 unspecified atom stereocenters. The average molecular weight is 450 g/mol. The van der Waals surface area contributed by atoms with E-state index in [-0.39, 0.29) is 17.9 Å². The second kappa shape index (κ2) is 9.58. The Morgan fingerprint density at radius 3 is 2.56 bits per heavy atom. The van der Waals surface area contributed by atoms with Gasteiger partial charge in [-0.1, -0.05) is 23.7 Å². The van der Waals surface area contributed by atoms with Crippen LogP contribution in [0.5, 0.6) is 11.5 Å². The Kier molecular flexibility index (Phi) is 6.42. The highest BCUT2D eigenvalue weighted by Gasteiger charge is 2.11. The lowest BCUT2D eigenvalue weighted by molar-refractivity contribution is -0.118. The molecule has 0 aliphatic heterocycles. The summed E-state index contributed by atoms with van der Waals surface area (Å²) in [6, 6.07) is 20.5. The molecule has 0 spiro atoms. The molecule has 7 heteroatoms. The fourth-order valence-electron chi connectivity index (χ4n) is 3.17. The second-order valence-electron chi connectivity index (χ2n) is 6.91. The van der Waals surface area contributed by atoms with Gasteiger partial charge in [0.1, 0.15) is 22.8 Å². The molecule has 1 aromatic heterocycles. The van der Waals surface area contributed by atoms with Crippen LogP contribution in [0.1, 0.15) is 6.92 Å². The summed E-state index contributed by atoms with van der Waals surface area (Å²) in [6.07, 6.45) is 0. The lowest BCUT2D eigenvalue weighted by atomic mass is 10.1. The molecule has 0 saturated heterocycles. The van der Waals surface area contributed by atoms with Gasteiger partial charge in [-0.3, -0.25) is 9.59 Å². The summed E-state index contributed by atoms with van der Waals surface area (Å²) >= 11 is 5.92. The molecule has 1 heterocycles. The lowest BCUT2D eigenvalue weighted by Crippen LogP contribution is -2.20. The van der Waals surface area contributed by atoms with Crippen molar-refractivity contribution in [1.29, 1.82) is 0 Å². The van der Waals surface area contributed by atoms with Crippen molar-refractivity contribution < 1.29 is 18.7 Å². The van der Waals surface area contributed by atoms with Gasteiger partial charge in [0, 0.05) is 16.7 Å². The van der Waals surface area contributed by atoms with Crippen LogP contribution < -0.4 is 20.2 Å². The first-order valence-electron chi connectivity index (χ1n) is 10.0. The standard InChI is InChI=1S/C25H20ClNO5/c1-2-30-23-6-4-3-5-20(23)27-25(29)15-31-18-11-12-22-19(13-18)21(28)14-24(32-22)16-7-9-17(26)10-8-16/h3-14H,2,15H2,1H3,(H,27,29). The van der Waals surface area contributed by atoms with Crippen LogP contribution in [0.4, 0.5) is 5.69 Å². The van der Waals surface area contributed by atoms with Crippen molar-refractivity contribution in [3.05, 3.63) is 88.0 Å². The second-order valence-corrected chi connectivity index (χ2v) is 7.34. The average Bonchev–Trinajstić information content (AvgIpc) is 2.80. The molecule has 0 saturated carbocycles. The normalized spacial score (nSPS) is 10.7. The highest BCUT2D eigenvalue weighted by atomic mass is 35.5. The van der Waals surface area contributed by atoms with Gasteiger partial charge in [0.25, 0.3) is 5.91 Å². The van der Waals surface area contributed by atoms with Gasteiger partial charge in [0.15, 0.2) is 12.0 Å². The maximum Gasteiger partial charge on any atom is 0.262 e. The van der Waals surface area contributed by atoms with Crippen molar-refractivity contribution in [3.8, 4) is 22.8 Å². The number of carbonyl (C=O) groups excluding carboxylic acids is 1. The third kappa shape index (κ3) is 4.92. The Hall–Kier alpha value is -3.77. The zero-order chi connectivity index (χ0) is 22.5. The van der Waals surface area contributed by atoms with Crippen molar-refractivity contribution in [2.24, 2.45) is 0 Å². The summed E-state index contributed by atoms with van der Waals surface area (Å²) in [4.78, 5) is 25.0. The highest BCUT2D eigenvalue weighted by Crippen LogP contribution is 2.26. The van der Waals surface area contributed by atoms with Gasteiger partial charge < -0.3 is 19.2 Å². The number of fused-ring (bicyclic) bond motifs is 1. The van der Waals surface area contributed by atoms with E-state index in [4.69, 9.17) is 25.5 Å². The smallest absolute Gasteiger partial charge is 0.262 e. The van der Waals surface area contributed by atoms with Gasteiger partial charge in [-0.25, -0.2) is 0 Å². The van der Waals surface area contributed by atoms with E-state index in [1.807, 2.05) is 13.0 Å². The molecule has 3 aromatic carbocycles. The molecule has 4 rings (SSSR count). The minimum atomic E-state index is -0.345. The SMILES string of the molecule is CCOc1ccccc1NC(=O)COc1ccc2oc(-c3ccc(Cl)cc3)cc(=O)c2c1. The van der Waals surface area contributed by atoms with Crippen LogP contribution in [-0.2, 0) is 4.79 Å². The monoisotopic (exact) mass is 449 g/mol. The number of anilines is 1. The molecule has 0 fully saturated rings. The maximum absolute atomic E-state index is 12.6. The molecule has 0 atom stereocenters. The lowest BCUT2D eigenvalue weighted by Gasteiger charge is -2.12. The van der Waals surface area contributed by atoms with Crippen LogP contribution in [0, 0.1) is 0 Å². The zero-order valence-electron chi connectivity index (χ0n) is 17.3. The summed E-state index contributed by atoms with van der Waals surface area (Å²) in [6.45, 7) is 2.14. The van der Waals surface area contributed by atoms with Crippen LogP contribution in [0.3, 0.4) is 0 Å². The predicted molar refractivity (Wildman–Crippen MR) is 125 cm³/mol. The third-order valence-electron chi connectivity index (χ3n) is 4.66. The molecule has 0 aliphatic rings. The van der Waals surface area contributed by atoms with Crippen molar-refractivity contribution in [2.45, 2.75) is 6.92 Å². The number of carbonyl (C=O) groups is 1. The largest absolute Gasteiger partial charge is 0.492 e. The molecule has 6 nitrogen and oxygen atoms in total. The van der Waals surface area contributed by atoms with Gasteiger partial charge in [-0.05, 0) is 61.5 Å². The number of hydrogen-bond acceptors (Lipinski definition) is 5. The van der Waals surface area contributed by atoms with E-state index >= 15 is 0 Å². The minimum Gasteiger partial charge on any atom is -0.492 e. The summed E-state index contributed by atoms with van der Waals surface area (Å²) in [5.74, 6) is 1.07. The quantitative estimate of drug-likeness (QED) is 0.401. The molecule has 162 valence electrons. The zero-order valence-corrected chi connectivity index (χ0v) is 18.0. The Labute approximate surface area is 189 Å². The van der Waals surface area contributed by atoms with Crippen LogP contribution in [0.2, 0.25) is 5.02 Å². The molecule has 32 heavy (non-hydrogen) atoms. The number of amides is 1. The van der Waals surface area contributed by atoms with E-state index in [2.05, 4.69) is 5.32 Å². The van der Waals surface area contributed by atoms with E-state index < -0.39 is 0 Å². The summed E-state index contributed by atoms with van der Waals surface area (Å²) in [5, 5.41) is 3.73. The van der Waals surface area contributed by atoms with E-state index in [1.165, 1.54) is 6.07 Å². The highest BCUT2D eigenvalue weighted by molar-refractivity contribution is 6.30. The minimum absolute atomic E-state index is 0.211. The summed E-state index contributed by atoms with van der Waals surface area (Å²) in [5.41, 5.74) is 1.52. The van der Waals surface area contributed by atoms with Crippen LogP contribution in [0.15, 0.2) is 82.0 Å². The molecule has 1 amide bonds. The number of nitrogens with one attached hydrogen (secondary N) is 1. The number of hydrogen-bond donors (Lipinski definition) is 1. The van der Waals surface area contributed by atoms with E-state index in [1.54, 1.807) is 60.7 Å². The van der Waals surface area contributed by atoms with Gasteiger partial charge in [0.2, 0.25) is 0 Å². The molecular formula is C25H20ClNO5. The van der Waals surface area contributed by atoms with Crippen LogP contribution in [-0.4, -0.2) is 19.1 Å². The number of ether oxygens (including phenoxy) is 2. The van der Waals surface area contributed by atoms with Gasteiger partial charge in [-0.2, -0.15) is 0 Å². The third-order valence-corrected chi connectivity index (χ3v) is 4.91. The molecule has 1 N–H and O–H groups in total. The fourth-order valence-corrected chi connectivity index (χ4v) is 3.29. The van der Waals surface area contributed by atoms with Gasteiger partial charge >= 0.3 is 0 Å². The number of benzene rings is 3. The first kappa shape index (κ1) is 21.5. The first-order chi connectivity index (χ1) is 15.5. The first-order valence-corrected chi connectivity index (χ1v) is 10.4. The van der Waals surface area contributed by atoms with Crippen molar-refractivity contribution in [2.75, 3.05) is 18.5 Å². The van der Waals surface area contributed by atoms with E-state index in [0.717, 1.165) is 5.56 Å². The Morgan fingerprint density at radius 1 is 1.00 bits per heavy atom. The summed E-state index contributed by atoms with van der Waals surface area (Å²) < 4.78 is 17.0.